The first-order chi connectivity index (χ1) is 8.61. The number of aromatic nitrogens is 2. The number of nitrogens with two attached hydrogens (primary N) is 1. The third-order valence-electron chi connectivity index (χ3n) is 2.22. The summed E-state index contributed by atoms with van der Waals surface area (Å²) in [5.74, 6) is -1.08. The molecule has 0 aliphatic carbocycles. The Bertz CT molecular complexity index is 643. The molecule has 1 aromatic carbocycles. The monoisotopic (exact) mass is 245 g/mol. The Morgan fingerprint density at radius 1 is 1.56 bits per heavy atom. The number of hydrogen-bond donors (Lipinski definition) is 3. The van der Waals surface area contributed by atoms with E-state index in [9.17, 15) is 9.18 Å². The van der Waals surface area contributed by atoms with Gasteiger partial charge in [0.2, 0.25) is 0 Å². The minimum Gasteiger partial charge on any atom is -0.382 e. The summed E-state index contributed by atoms with van der Waals surface area (Å²) in [5.41, 5.74) is 5.35. The van der Waals surface area contributed by atoms with Crippen LogP contribution in [0.1, 0.15) is 16.1 Å². The van der Waals surface area contributed by atoms with Crippen LogP contribution in [0.15, 0.2) is 24.3 Å². The average Bonchev–Trinajstić information content (AvgIpc) is 2.76. The summed E-state index contributed by atoms with van der Waals surface area (Å²) >= 11 is 0. The van der Waals surface area contributed by atoms with Gasteiger partial charge in [0.1, 0.15) is 29.0 Å². The van der Waals surface area contributed by atoms with E-state index >= 15 is 0 Å². The molecule has 2 aromatic rings. The Balaban J connectivity index is 2.28. The van der Waals surface area contributed by atoms with Gasteiger partial charge in [-0.05, 0) is 12.1 Å². The number of rotatable bonds is 2. The SMILES string of the molecule is N#Cc1c(F)cccc1NC(=O)c1cc(N)n[nH]1. The number of anilines is 2. The summed E-state index contributed by atoms with van der Waals surface area (Å²) in [6, 6.07) is 6.99. The Labute approximate surface area is 101 Å². The van der Waals surface area contributed by atoms with E-state index in [0.717, 1.165) is 6.07 Å². The Hall–Kier alpha value is -2.88. The highest BCUT2D eigenvalue weighted by Gasteiger charge is 2.13. The molecule has 0 radical (unpaired) electrons. The maximum absolute atomic E-state index is 13.3. The van der Waals surface area contributed by atoms with E-state index in [0.29, 0.717) is 0 Å². The van der Waals surface area contributed by atoms with E-state index in [4.69, 9.17) is 11.0 Å². The summed E-state index contributed by atoms with van der Waals surface area (Å²) < 4.78 is 13.3. The molecule has 0 fully saturated rings. The first kappa shape index (κ1) is 11.6. The van der Waals surface area contributed by atoms with Gasteiger partial charge in [-0.3, -0.25) is 9.89 Å². The zero-order chi connectivity index (χ0) is 13.1. The predicted octanol–water partition coefficient (Wildman–Crippen LogP) is 1.25. The molecule has 1 heterocycles. The van der Waals surface area contributed by atoms with Crippen molar-refractivity contribution in [1.82, 2.24) is 10.2 Å². The van der Waals surface area contributed by atoms with Gasteiger partial charge in [0.25, 0.3) is 5.91 Å². The molecular weight excluding hydrogens is 237 g/mol. The van der Waals surface area contributed by atoms with Crippen LogP contribution in [0.5, 0.6) is 0 Å². The quantitative estimate of drug-likeness (QED) is 0.739. The van der Waals surface area contributed by atoms with Crippen molar-refractivity contribution in [3.63, 3.8) is 0 Å². The van der Waals surface area contributed by atoms with Crippen LogP contribution in [0, 0.1) is 17.1 Å². The molecule has 0 aliphatic rings. The Kier molecular flexibility index (Phi) is 2.93. The van der Waals surface area contributed by atoms with E-state index < -0.39 is 11.7 Å². The van der Waals surface area contributed by atoms with Crippen LogP contribution in [0.2, 0.25) is 0 Å². The van der Waals surface area contributed by atoms with E-state index in [1.165, 1.54) is 18.2 Å². The number of nitriles is 1. The first-order valence-electron chi connectivity index (χ1n) is 4.92. The van der Waals surface area contributed by atoms with Crippen LogP contribution >= 0.6 is 0 Å². The molecule has 0 bridgehead atoms. The van der Waals surface area contributed by atoms with Crippen molar-refractivity contribution in [1.29, 1.82) is 5.26 Å². The number of amides is 1. The normalized spacial score (nSPS) is 9.78. The minimum absolute atomic E-state index is 0.0932. The molecule has 90 valence electrons. The van der Waals surface area contributed by atoms with E-state index in [2.05, 4.69) is 15.5 Å². The number of aromatic amines is 1. The van der Waals surface area contributed by atoms with Crippen molar-refractivity contribution < 1.29 is 9.18 Å². The van der Waals surface area contributed by atoms with E-state index in [-0.39, 0.29) is 22.8 Å². The number of benzene rings is 1. The fraction of sp³-hybridized carbons (Fsp3) is 0. The zero-order valence-corrected chi connectivity index (χ0v) is 9.07. The van der Waals surface area contributed by atoms with Crippen LogP contribution in [-0.4, -0.2) is 16.1 Å². The number of nitrogens with zero attached hydrogens (tertiary/aromatic N) is 2. The molecule has 0 unspecified atom stereocenters. The predicted molar refractivity (Wildman–Crippen MR) is 62.1 cm³/mol. The lowest BCUT2D eigenvalue weighted by molar-refractivity contribution is 0.102. The zero-order valence-electron chi connectivity index (χ0n) is 9.07. The van der Waals surface area contributed by atoms with Gasteiger partial charge in [-0.2, -0.15) is 10.4 Å². The number of nitrogens with one attached hydrogen (secondary N) is 2. The fourth-order valence-electron chi connectivity index (χ4n) is 1.39. The van der Waals surface area contributed by atoms with Gasteiger partial charge in [-0.25, -0.2) is 4.39 Å². The number of carbonyl (C=O) groups excluding carboxylic acids is 1. The standard InChI is InChI=1S/C11H8FN5O/c12-7-2-1-3-8(6(7)5-13)15-11(18)9-4-10(14)17-16-9/h1-4H,(H,15,18)(H3,14,16,17). The van der Waals surface area contributed by atoms with Gasteiger partial charge in [0.15, 0.2) is 0 Å². The molecule has 1 aromatic heterocycles. The van der Waals surface area contributed by atoms with Crippen molar-refractivity contribution in [3.8, 4) is 6.07 Å². The van der Waals surface area contributed by atoms with Crippen molar-refractivity contribution in [2.24, 2.45) is 0 Å². The second-order valence-electron chi connectivity index (χ2n) is 3.43. The highest BCUT2D eigenvalue weighted by molar-refractivity contribution is 6.03. The molecular formula is C11H8FN5O. The molecule has 7 heteroatoms. The number of H-pyrrole nitrogens is 1. The molecule has 0 atom stereocenters. The van der Waals surface area contributed by atoms with Gasteiger partial charge in [0.05, 0.1) is 5.69 Å². The van der Waals surface area contributed by atoms with Gasteiger partial charge >= 0.3 is 0 Å². The maximum Gasteiger partial charge on any atom is 0.273 e. The number of halogens is 1. The van der Waals surface area contributed by atoms with Crippen molar-refractivity contribution in [3.05, 3.63) is 41.3 Å². The summed E-state index contributed by atoms with van der Waals surface area (Å²) in [4.78, 5) is 11.7. The third kappa shape index (κ3) is 2.12. The fourth-order valence-corrected chi connectivity index (χ4v) is 1.39. The van der Waals surface area contributed by atoms with Gasteiger partial charge in [-0.15, -0.1) is 0 Å². The summed E-state index contributed by atoms with van der Waals surface area (Å²) in [5, 5.41) is 17.2. The van der Waals surface area contributed by atoms with Crippen LogP contribution in [0.3, 0.4) is 0 Å². The minimum atomic E-state index is -0.695. The van der Waals surface area contributed by atoms with E-state index in [1.54, 1.807) is 6.07 Å². The summed E-state index contributed by atoms with van der Waals surface area (Å²) in [7, 11) is 0. The molecule has 1 amide bonds. The molecule has 0 saturated carbocycles. The van der Waals surface area contributed by atoms with Gasteiger partial charge in [-0.1, -0.05) is 6.07 Å². The molecule has 2 rings (SSSR count). The van der Waals surface area contributed by atoms with Crippen LogP contribution in [0.25, 0.3) is 0 Å². The first-order valence-corrected chi connectivity index (χ1v) is 4.92. The Morgan fingerprint density at radius 2 is 2.33 bits per heavy atom. The van der Waals surface area contributed by atoms with Gasteiger partial charge < -0.3 is 11.1 Å². The lowest BCUT2D eigenvalue weighted by Crippen LogP contribution is -2.13. The van der Waals surface area contributed by atoms with Crippen LogP contribution < -0.4 is 11.1 Å². The molecule has 4 N–H and O–H groups in total. The van der Waals surface area contributed by atoms with Gasteiger partial charge in [0, 0.05) is 6.07 Å². The summed E-state index contributed by atoms with van der Waals surface area (Å²) in [6.45, 7) is 0. The second-order valence-corrected chi connectivity index (χ2v) is 3.43. The smallest absolute Gasteiger partial charge is 0.273 e. The molecule has 18 heavy (non-hydrogen) atoms. The van der Waals surface area contributed by atoms with Crippen molar-refractivity contribution >= 4 is 17.4 Å². The lowest BCUT2D eigenvalue weighted by atomic mass is 10.2. The average molecular weight is 245 g/mol. The molecule has 0 saturated heterocycles. The maximum atomic E-state index is 13.3. The number of hydrogen-bond acceptors (Lipinski definition) is 4. The molecule has 6 nitrogen and oxygen atoms in total. The lowest BCUT2D eigenvalue weighted by Gasteiger charge is -2.05. The third-order valence-corrected chi connectivity index (χ3v) is 2.22. The topological polar surface area (TPSA) is 108 Å². The number of nitrogen functional groups attached to an aromatic ring is 1. The van der Waals surface area contributed by atoms with Crippen LogP contribution in [0.4, 0.5) is 15.9 Å². The summed E-state index contributed by atoms with van der Waals surface area (Å²) in [6.07, 6.45) is 0. The molecule has 0 aliphatic heterocycles. The Morgan fingerprint density at radius 3 is 2.94 bits per heavy atom. The second kappa shape index (κ2) is 4.55. The highest BCUT2D eigenvalue weighted by Crippen LogP contribution is 2.18. The highest BCUT2D eigenvalue weighted by atomic mass is 19.1. The van der Waals surface area contributed by atoms with Crippen LogP contribution in [-0.2, 0) is 0 Å². The number of carbonyl (C=O) groups is 1. The van der Waals surface area contributed by atoms with Crippen molar-refractivity contribution in [2.75, 3.05) is 11.1 Å². The van der Waals surface area contributed by atoms with E-state index in [1.807, 2.05) is 0 Å². The molecule has 0 spiro atoms. The van der Waals surface area contributed by atoms with Crippen molar-refractivity contribution in [2.45, 2.75) is 0 Å². The largest absolute Gasteiger partial charge is 0.382 e.